The molecule has 0 aliphatic carbocycles. The Kier molecular flexibility index (Phi) is 15.4. The Bertz CT molecular complexity index is 589. The van der Waals surface area contributed by atoms with Gasteiger partial charge >= 0.3 is 12.6 Å². The van der Waals surface area contributed by atoms with Crippen LogP contribution in [0.25, 0.3) is 0 Å². The van der Waals surface area contributed by atoms with Gasteiger partial charge in [-0.15, -0.1) is 24.0 Å². The van der Waals surface area contributed by atoms with Gasteiger partial charge < -0.3 is 20.1 Å². The van der Waals surface area contributed by atoms with Crippen LogP contribution in [0.3, 0.4) is 0 Å². The van der Waals surface area contributed by atoms with E-state index in [0.717, 1.165) is 32.2 Å². The third-order valence-electron chi connectivity index (χ3n) is 3.77. The zero-order chi connectivity index (χ0) is 19.9. The molecule has 0 heterocycles. The average Bonchev–Trinajstić information content (AvgIpc) is 2.65. The summed E-state index contributed by atoms with van der Waals surface area (Å²) in [7, 11) is 1.39. The van der Waals surface area contributed by atoms with Gasteiger partial charge in [0.05, 0.1) is 13.7 Å². The van der Waals surface area contributed by atoms with Crippen molar-refractivity contribution in [3.63, 3.8) is 0 Å². The molecular formula is C19H30F2IN3O3. The lowest BCUT2D eigenvalue weighted by atomic mass is 10.1. The molecule has 0 aliphatic rings. The summed E-state index contributed by atoms with van der Waals surface area (Å²) >= 11 is 0. The largest absolute Gasteiger partial charge is 0.469 e. The molecule has 9 heteroatoms. The number of hydrogen-bond donors (Lipinski definition) is 2. The summed E-state index contributed by atoms with van der Waals surface area (Å²) in [6.07, 6.45) is 4.17. The molecule has 160 valence electrons. The molecule has 0 spiro atoms. The SMILES string of the molecule is CCNC(=NCc1ccccc1OC(F)F)NCCCCCCC(=O)OC.I. The van der Waals surface area contributed by atoms with Gasteiger partial charge in [-0.2, -0.15) is 8.78 Å². The molecule has 0 fully saturated rings. The number of hydrogen-bond acceptors (Lipinski definition) is 4. The van der Waals surface area contributed by atoms with Gasteiger partial charge in [-0.25, -0.2) is 4.99 Å². The number of unbranched alkanes of at least 4 members (excludes halogenated alkanes) is 3. The van der Waals surface area contributed by atoms with E-state index in [9.17, 15) is 13.6 Å². The molecule has 1 aromatic carbocycles. The summed E-state index contributed by atoms with van der Waals surface area (Å²) in [6.45, 7) is 0.759. The normalized spacial score (nSPS) is 11.0. The predicted molar refractivity (Wildman–Crippen MR) is 116 cm³/mol. The minimum atomic E-state index is -2.86. The first-order valence-electron chi connectivity index (χ1n) is 9.18. The maximum Gasteiger partial charge on any atom is 0.387 e. The molecule has 0 radical (unpaired) electrons. The number of guanidine groups is 1. The van der Waals surface area contributed by atoms with Crippen molar-refractivity contribution >= 4 is 35.9 Å². The maximum atomic E-state index is 12.5. The van der Waals surface area contributed by atoms with Crippen LogP contribution in [-0.2, 0) is 16.1 Å². The zero-order valence-corrected chi connectivity index (χ0v) is 18.7. The van der Waals surface area contributed by atoms with Gasteiger partial charge in [-0.05, 0) is 25.8 Å². The third kappa shape index (κ3) is 11.9. The molecule has 0 aliphatic heterocycles. The highest BCUT2D eigenvalue weighted by atomic mass is 127. The summed E-state index contributed by atoms with van der Waals surface area (Å²) < 4.78 is 34.1. The molecule has 28 heavy (non-hydrogen) atoms. The van der Waals surface area contributed by atoms with Gasteiger partial charge in [0.2, 0.25) is 0 Å². The molecule has 0 saturated carbocycles. The van der Waals surface area contributed by atoms with E-state index < -0.39 is 6.61 Å². The number of esters is 1. The lowest BCUT2D eigenvalue weighted by Gasteiger charge is -2.12. The predicted octanol–water partition coefficient (Wildman–Crippen LogP) is 4.08. The molecule has 1 aromatic rings. The number of alkyl halides is 2. The second kappa shape index (κ2) is 16.3. The number of carbonyl (C=O) groups is 1. The quantitative estimate of drug-likeness (QED) is 0.145. The highest BCUT2D eigenvalue weighted by Crippen LogP contribution is 2.20. The fourth-order valence-electron chi connectivity index (χ4n) is 2.41. The van der Waals surface area contributed by atoms with Crippen molar-refractivity contribution in [3.8, 4) is 5.75 Å². The van der Waals surface area contributed by atoms with Crippen LogP contribution >= 0.6 is 24.0 Å². The topological polar surface area (TPSA) is 72.0 Å². The molecule has 1 rings (SSSR count). The average molecular weight is 513 g/mol. The van der Waals surface area contributed by atoms with Crippen molar-refractivity contribution in [3.05, 3.63) is 29.8 Å². The van der Waals surface area contributed by atoms with Gasteiger partial charge in [0.15, 0.2) is 5.96 Å². The number of rotatable bonds is 12. The molecular weight excluding hydrogens is 483 g/mol. The van der Waals surface area contributed by atoms with Crippen LogP contribution in [0.1, 0.15) is 44.6 Å². The number of nitrogens with one attached hydrogen (secondary N) is 2. The molecule has 0 unspecified atom stereocenters. The summed E-state index contributed by atoms with van der Waals surface area (Å²) in [5.74, 6) is 0.586. The summed E-state index contributed by atoms with van der Waals surface area (Å²) in [5.41, 5.74) is 0.595. The third-order valence-corrected chi connectivity index (χ3v) is 3.77. The summed E-state index contributed by atoms with van der Waals surface area (Å²) in [4.78, 5) is 15.5. The van der Waals surface area contributed by atoms with Gasteiger partial charge in [0, 0.05) is 25.1 Å². The van der Waals surface area contributed by atoms with Gasteiger partial charge in [0.1, 0.15) is 5.75 Å². The lowest BCUT2D eigenvalue weighted by molar-refractivity contribution is -0.140. The van der Waals surface area contributed by atoms with E-state index in [1.165, 1.54) is 13.2 Å². The summed E-state index contributed by atoms with van der Waals surface area (Å²) in [5, 5.41) is 6.35. The number of aliphatic imine (C=N–C) groups is 1. The van der Waals surface area contributed by atoms with Crippen LogP contribution in [0.4, 0.5) is 8.78 Å². The van der Waals surface area contributed by atoms with E-state index in [0.29, 0.717) is 24.5 Å². The standard InChI is InChI=1S/C19H29F2N3O3.HI/c1-3-22-19(23-13-9-5-4-6-12-17(25)26-2)24-14-15-10-7-8-11-16(15)27-18(20)21;/h7-8,10-11,18H,3-6,9,12-14H2,1-2H3,(H2,22,23,24);1H. The maximum absolute atomic E-state index is 12.5. The second-order valence-corrected chi connectivity index (χ2v) is 5.85. The highest BCUT2D eigenvalue weighted by Gasteiger charge is 2.09. The van der Waals surface area contributed by atoms with E-state index in [1.54, 1.807) is 18.2 Å². The number of carbonyl (C=O) groups excluding carboxylic acids is 1. The number of benzene rings is 1. The lowest BCUT2D eigenvalue weighted by Crippen LogP contribution is -2.37. The number of halogens is 3. The van der Waals surface area contributed by atoms with Crippen molar-refractivity contribution in [2.75, 3.05) is 20.2 Å². The Balaban J connectivity index is 0.00000729. The molecule has 6 nitrogen and oxygen atoms in total. The highest BCUT2D eigenvalue weighted by molar-refractivity contribution is 14.0. The Morgan fingerprint density at radius 2 is 1.86 bits per heavy atom. The van der Waals surface area contributed by atoms with Crippen LogP contribution in [0.15, 0.2) is 29.3 Å². The Morgan fingerprint density at radius 1 is 1.14 bits per heavy atom. The van der Waals surface area contributed by atoms with Gasteiger partial charge in [-0.3, -0.25) is 4.79 Å². The van der Waals surface area contributed by atoms with Crippen LogP contribution < -0.4 is 15.4 Å². The van der Waals surface area contributed by atoms with E-state index >= 15 is 0 Å². The monoisotopic (exact) mass is 513 g/mol. The fourth-order valence-corrected chi connectivity index (χ4v) is 2.41. The number of ether oxygens (including phenoxy) is 2. The minimum Gasteiger partial charge on any atom is -0.469 e. The molecule has 0 bridgehead atoms. The van der Waals surface area contributed by atoms with Crippen molar-refractivity contribution in [2.24, 2.45) is 4.99 Å². The van der Waals surface area contributed by atoms with E-state index in [4.69, 9.17) is 0 Å². The van der Waals surface area contributed by atoms with Crippen LogP contribution in [0.2, 0.25) is 0 Å². The van der Waals surface area contributed by atoms with Gasteiger partial charge in [0.25, 0.3) is 0 Å². The van der Waals surface area contributed by atoms with E-state index in [-0.39, 0.29) is 42.2 Å². The van der Waals surface area contributed by atoms with Crippen molar-refractivity contribution in [1.29, 1.82) is 0 Å². The van der Waals surface area contributed by atoms with Crippen molar-refractivity contribution < 1.29 is 23.0 Å². The molecule has 0 atom stereocenters. The van der Waals surface area contributed by atoms with Crippen LogP contribution in [0.5, 0.6) is 5.75 Å². The van der Waals surface area contributed by atoms with Gasteiger partial charge in [-0.1, -0.05) is 31.0 Å². The van der Waals surface area contributed by atoms with Crippen LogP contribution in [0, 0.1) is 0 Å². The van der Waals surface area contributed by atoms with Crippen molar-refractivity contribution in [2.45, 2.75) is 52.2 Å². The summed E-state index contributed by atoms with van der Waals surface area (Å²) in [6, 6.07) is 6.63. The molecule has 0 aromatic heterocycles. The molecule has 2 N–H and O–H groups in total. The first kappa shape index (κ1) is 26.4. The first-order chi connectivity index (χ1) is 13.1. The first-order valence-corrected chi connectivity index (χ1v) is 9.18. The fraction of sp³-hybridized carbons (Fsp3) is 0.579. The van der Waals surface area contributed by atoms with Crippen LogP contribution in [-0.4, -0.2) is 38.7 Å². The number of nitrogens with zero attached hydrogens (tertiary/aromatic N) is 1. The zero-order valence-electron chi connectivity index (χ0n) is 16.4. The van der Waals surface area contributed by atoms with E-state index in [1.807, 2.05) is 6.92 Å². The smallest absolute Gasteiger partial charge is 0.387 e. The Labute approximate surface area is 182 Å². The molecule has 0 saturated heterocycles. The minimum absolute atomic E-state index is 0. The van der Waals surface area contributed by atoms with E-state index in [2.05, 4.69) is 25.1 Å². The van der Waals surface area contributed by atoms with Crippen molar-refractivity contribution in [1.82, 2.24) is 10.6 Å². The Morgan fingerprint density at radius 3 is 2.54 bits per heavy atom. The molecule has 0 amide bonds. The Hall–Kier alpha value is -1.65. The second-order valence-electron chi connectivity index (χ2n) is 5.85. The number of para-hydroxylation sites is 1. The number of methoxy groups -OCH3 is 1.